The van der Waals surface area contributed by atoms with E-state index in [-0.39, 0.29) is 10.8 Å². The van der Waals surface area contributed by atoms with Crippen molar-refractivity contribution in [1.29, 1.82) is 0 Å². The van der Waals surface area contributed by atoms with Crippen LogP contribution >= 0.6 is 11.6 Å². The van der Waals surface area contributed by atoms with Crippen LogP contribution in [0.15, 0.2) is 24.3 Å². The molecule has 2 nitrogen and oxygen atoms in total. The molecule has 0 unspecified atom stereocenters. The Morgan fingerprint density at radius 3 is 2.19 bits per heavy atom. The Morgan fingerprint density at radius 2 is 1.75 bits per heavy atom. The summed E-state index contributed by atoms with van der Waals surface area (Å²) < 4.78 is 14.7. The van der Waals surface area contributed by atoms with Crippen molar-refractivity contribution in [2.24, 2.45) is 0 Å². The third kappa shape index (κ3) is 3.89. The van der Waals surface area contributed by atoms with Crippen molar-refractivity contribution < 1.29 is 4.21 Å². The summed E-state index contributed by atoms with van der Waals surface area (Å²) in [5, 5.41) is 0.716. The Morgan fingerprint density at radius 1 is 1.25 bits per heavy atom. The summed E-state index contributed by atoms with van der Waals surface area (Å²) in [5.74, 6) is 0. The number of nitrogens with one attached hydrogen (secondary N) is 1. The SMILES string of the molecule is C[C@H](N[S@@](=O)C(C)(C)C)c1ccc(Cl)cc1. The van der Waals surface area contributed by atoms with Crippen molar-refractivity contribution in [1.82, 2.24) is 4.72 Å². The van der Waals surface area contributed by atoms with Crippen molar-refractivity contribution in [3.05, 3.63) is 34.9 Å². The second kappa shape index (κ2) is 5.30. The predicted octanol–water partition coefficient (Wildman–Crippen LogP) is 3.45. The fraction of sp³-hybridized carbons (Fsp3) is 0.500. The van der Waals surface area contributed by atoms with Crippen molar-refractivity contribution in [2.45, 2.75) is 38.5 Å². The molecule has 2 atom stereocenters. The lowest BCUT2D eigenvalue weighted by Gasteiger charge is -2.22. The van der Waals surface area contributed by atoms with Crippen LogP contribution < -0.4 is 4.72 Å². The molecule has 0 aliphatic carbocycles. The van der Waals surface area contributed by atoms with Crippen molar-refractivity contribution >= 4 is 22.6 Å². The number of hydrogen-bond donors (Lipinski definition) is 1. The van der Waals surface area contributed by atoms with E-state index in [4.69, 9.17) is 11.6 Å². The van der Waals surface area contributed by atoms with Crippen LogP contribution in [0.4, 0.5) is 0 Å². The van der Waals surface area contributed by atoms with E-state index in [1.165, 1.54) is 0 Å². The van der Waals surface area contributed by atoms with Gasteiger partial charge in [0, 0.05) is 11.1 Å². The van der Waals surface area contributed by atoms with Crippen LogP contribution in [0.5, 0.6) is 0 Å². The molecule has 0 saturated heterocycles. The van der Waals surface area contributed by atoms with Gasteiger partial charge >= 0.3 is 0 Å². The molecule has 0 aliphatic heterocycles. The van der Waals surface area contributed by atoms with E-state index in [0.717, 1.165) is 5.56 Å². The van der Waals surface area contributed by atoms with Gasteiger partial charge in [0.15, 0.2) is 0 Å². The van der Waals surface area contributed by atoms with Crippen LogP contribution in [0, 0.1) is 0 Å². The number of rotatable bonds is 3. The second-order valence-corrected chi connectivity index (χ2v) is 7.21. The van der Waals surface area contributed by atoms with Crippen LogP contribution in [0.3, 0.4) is 0 Å². The molecule has 90 valence electrons. The molecule has 0 fully saturated rings. The van der Waals surface area contributed by atoms with Gasteiger partial charge in [-0.15, -0.1) is 0 Å². The summed E-state index contributed by atoms with van der Waals surface area (Å²) in [4.78, 5) is 0. The number of halogens is 1. The average molecular weight is 260 g/mol. The Bertz CT molecular complexity index is 370. The number of benzene rings is 1. The summed E-state index contributed by atoms with van der Waals surface area (Å²) in [5.41, 5.74) is 1.09. The Balaban J connectivity index is 2.69. The molecule has 0 aliphatic rings. The van der Waals surface area contributed by atoms with Gasteiger partial charge in [-0.1, -0.05) is 23.7 Å². The van der Waals surface area contributed by atoms with E-state index >= 15 is 0 Å². The van der Waals surface area contributed by atoms with Gasteiger partial charge in [-0.25, -0.2) is 8.93 Å². The van der Waals surface area contributed by atoms with Crippen LogP contribution in [-0.2, 0) is 11.0 Å². The van der Waals surface area contributed by atoms with Gasteiger partial charge in [-0.2, -0.15) is 0 Å². The van der Waals surface area contributed by atoms with Gasteiger partial charge in [0.2, 0.25) is 0 Å². The van der Waals surface area contributed by atoms with Gasteiger partial charge in [-0.05, 0) is 45.4 Å². The van der Waals surface area contributed by atoms with E-state index in [1.807, 2.05) is 52.0 Å². The first-order valence-corrected chi connectivity index (χ1v) is 6.77. The Kier molecular flexibility index (Phi) is 4.53. The first-order chi connectivity index (χ1) is 7.30. The third-order valence-corrected chi connectivity index (χ3v) is 4.14. The molecule has 1 aromatic carbocycles. The molecule has 0 bridgehead atoms. The van der Waals surface area contributed by atoms with E-state index in [2.05, 4.69) is 4.72 Å². The van der Waals surface area contributed by atoms with Crippen LogP contribution in [0.2, 0.25) is 5.02 Å². The summed E-state index contributed by atoms with van der Waals surface area (Å²) in [6.07, 6.45) is 0. The maximum absolute atomic E-state index is 11.9. The Labute approximate surface area is 105 Å². The lowest BCUT2D eigenvalue weighted by Crippen LogP contribution is -2.34. The van der Waals surface area contributed by atoms with E-state index in [0.29, 0.717) is 5.02 Å². The lowest BCUT2D eigenvalue weighted by molar-refractivity contribution is 0.616. The molecule has 0 heterocycles. The monoisotopic (exact) mass is 259 g/mol. The van der Waals surface area contributed by atoms with Crippen molar-refractivity contribution in [3.63, 3.8) is 0 Å². The zero-order valence-corrected chi connectivity index (χ0v) is 11.7. The highest BCUT2D eigenvalue weighted by atomic mass is 35.5. The van der Waals surface area contributed by atoms with Gasteiger partial charge in [0.05, 0.1) is 15.7 Å². The van der Waals surface area contributed by atoms with Crippen molar-refractivity contribution in [2.75, 3.05) is 0 Å². The van der Waals surface area contributed by atoms with Gasteiger partial charge < -0.3 is 0 Å². The van der Waals surface area contributed by atoms with Gasteiger partial charge in [0.1, 0.15) is 0 Å². The molecule has 1 N–H and O–H groups in total. The second-order valence-electron chi connectivity index (χ2n) is 4.77. The fourth-order valence-corrected chi connectivity index (χ4v) is 2.09. The third-order valence-electron chi connectivity index (χ3n) is 2.21. The first-order valence-electron chi connectivity index (χ1n) is 5.24. The minimum atomic E-state index is -1.06. The lowest BCUT2D eigenvalue weighted by atomic mass is 10.1. The zero-order valence-electron chi connectivity index (χ0n) is 10.1. The molecule has 4 heteroatoms. The Hall–Kier alpha value is -0.380. The molecular weight excluding hydrogens is 242 g/mol. The summed E-state index contributed by atoms with van der Waals surface area (Å²) >= 11 is 5.81. The highest BCUT2D eigenvalue weighted by molar-refractivity contribution is 7.84. The molecular formula is C12H18ClNOS. The van der Waals surface area contributed by atoms with Crippen LogP contribution in [0.25, 0.3) is 0 Å². The number of hydrogen-bond acceptors (Lipinski definition) is 1. The molecule has 0 aromatic heterocycles. The average Bonchev–Trinajstić information content (AvgIpc) is 2.17. The topological polar surface area (TPSA) is 29.1 Å². The quantitative estimate of drug-likeness (QED) is 0.885. The van der Waals surface area contributed by atoms with E-state index < -0.39 is 11.0 Å². The fourth-order valence-electron chi connectivity index (χ4n) is 1.16. The predicted molar refractivity (Wildman–Crippen MR) is 70.9 cm³/mol. The highest BCUT2D eigenvalue weighted by Gasteiger charge is 2.21. The maximum Gasteiger partial charge on any atom is 0.0975 e. The molecule has 0 spiro atoms. The summed E-state index contributed by atoms with van der Waals surface area (Å²) in [7, 11) is -1.06. The summed E-state index contributed by atoms with van der Waals surface area (Å²) in [6.45, 7) is 7.84. The maximum atomic E-state index is 11.9. The summed E-state index contributed by atoms with van der Waals surface area (Å²) in [6, 6.07) is 7.63. The molecule has 16 heavy (non-hydrogen) atoms. The van der Waals surface area contributed by atoms with Crippen LogP contribution in [0.1, 0.15) is 39.3 Å². The van der Waals surface area contributed by atoms with E-state index in [9.17, 15) is 4.21 Å². The standard InChI is InChI=1S/C12H18ClNOS/c1-9(14-16(15)12(2,3)4)10-5-7-11(13)8-6-10/h5-9,14H,1-4H3/t9-,16-/m0/s1. The molecule has 1 aromatic rings. The normalized spacial score (nSPS) is 15.8. The molecule has 0 saturated carbocycles. The molecule has 0 radical (unpaired) electrons. The largest absolute Gasteiger partial charge is 0.242 e. The van der Waals surface area contributed by atoms with Gasteiger partial charge in [-0.3, -0.25) is 0 Å². The molecule has 0 amide bonds. The van der Waals surface area contributed by atoms with Gasteiger partial charge in [0.25, 0.3) is 0 Å². The highest BCUT2D eigenvalue weighted by Crippen LogP contribution is 2.18. The minimum Gasteiger partial charge on any atom is -0.242 e. The molecule has 1 rings (SSSR count). The zero-order chi connectivity index (χ0) is 12.3. The van der Waals surface area contributed by atoms with E-state index in [1.54, 1.807) is 0 Å². The minimum absolute atomic E-state index is 0.0531. The smallest absolute Gasteiger partial charge is 0.0975 e. The van der Waals surface area contributed by atoms with Crippen LogP contribution in [-0.4, -0.2) is 8.96 Å². The first kappa shape index (κ1) is 13.7. The van der Waals surface area contributed by atoms with Crippen molar-refractivity contribution in [3.8, 4) is 0 Å².